The number of rotatable bonds is 17. The molecule has 5 fully saturated rings. The highest BCUT2D eigenvalue weighted by Crippen LogP contribution is 2.36. The highest BCUT2D eigenvalue weighted by atomic mass is 19.3. The van der Waals surface area contributed by atoms with Gasteiger partial charge in [0.1, 0.15) is 18.1 Å². The monoisotopic (exact) mass is 1060 g/mol. The van der Waals surface area contributed by atoms with Crippen molar-refractivity contribution in [1.29, 1.82) is 0 Å². The van der Waals surface area contributed by atoms with Crippen LogP contribution in [0.1, 0.15) is 149 Å². The molecule has 1 unspecified atom stereocenters. The van der Waals surface area contributed by atoms with E-state index in [9.17, 15) is 51.9 Å². The van der Waals surface area contributed by atoms with Gasteiger partial charge in [-0.1, -0.05) is 61.4 Å². The first-order valence-electron chi connectivity index (χ1n) is 27.4. The van der Waals surface area contributed by atoms with Gasteiger partial charge in [-0.25, -0.2) is 8.78 Å². The molecule has 8 rings (SSSR count). The Morgan fingerprint density at radius 2 is 1.65 bits per heavy atom. The summed E-state index contributed by atoms with van der Waals surface area (Å²) in [4.78, 5) is 128. The largest absolute Gasteiger partial charge is 0.370 e. The number of hydrogen-bond acceptors (Lipinski definition) is 10. The normalized spacial score (nSPS) is 23.5. The van der Waals surface area contributed by atoms with Gasteiger partial charge in [0.05, 0.1) is 6.04 Å². The molecule has 5 aliphatic heterocycles. The Morgan fingerprint density at radius 3 is 2.34 bits per heavy atom. The molecule has 0 radical (unpaired) electrons. The molecule has 6 aliphatic rings. The van der Waals surface area contributed by atoms with Gasteiger partial charge in [0.15, 0.2) is 5.78 Å². The molecule has 1 aliphatic carbocycles. The van der Waals surface area contributed by atoms with Crippen LogP contribution >= 0.6 is 0 Å². The first kappa shape index (κ1) is 56.4. The van der Waals surface area contributed by atoms with E-state index in [1.54, 1.807) is 19.1 Å². The lowest BCUT2D eigenvalue weighted by atomic mass is 9.76. The van der Waals surface area contributed by atoms with Crippen molar-refractivity contribution in [1.82, 2.24) is 35.6 Å². The number of carbonyl (C=O) groups excluding carboxylic acids is 9. The molecule has 5 N–H and O–H groups in total. The van der Waals surface area contributed by atoms with E-state index in [1.165, 1.54) is 40.1 Å². The van der Waals surface area contributed by atoms with E-state index in [-0.39, 0.29) is 86.2 Å². The number of likely N-dealkylation sites (N-methyl/N-ethyl adjacent to an activating group) is 1. The van der Waals surface area contributed by atoms with Crippen molar-refractivity contribution in [3.63, 3.8) is 0 Å². The minimum absolute atomic E-state index is 0.0331. The number of Topliss-reactive ketones (excluding diaryl/α,β-unsaturated/α-hetero) is 1. The molecule has 19 heteroatoms. The fourth-order valence-electron chi connectivity index (χ4n) is 12.3. The summed E-state index contributed by atoms with van der Waals surface area (Å²) in [6.45, 7) is 4.36. The average molecular weight is 1060 g/mol. The molecule has 4 saturated heterocycles. The maximum Gasteiger partial charge on any atom is 0.270 e. The van der Waals surface area contributed by atoms with Crippen molar-refractivity contribution < 1.29 is 51.9 Å². The number of nitrogens with one attached hydrogen (secondary N) is 3. The van der Waals surface area contributed by atoms with Gasteiger partial charge in [-0.3, -0.25) is 48.5 Å². The molecule has 2 aromatic carbocycles. The van der Waals surface area contributed by atoms with E-state index < -0.39 is 65.5 Å². The van der Waals surface area contributed by atoms with Gasteiger partial charge in [0, 0.05) is 100 Å². The number of benzene rings is 2. The number of carbonyl (C=O) groups is 9. The Hall–Kier alpha value is -6.81. The predicted octanol–water partition coefficient (Wildman–Crippen LogP) is 4.73. The van der Waals surface area contributed by atoms with E-state index >= 15 is 0 Å². The van der Waals surface area contributed by atoms with Crippen molar-refractivity contribution >= 4 is 58.6 Å². The van der Waals surface area contributed by atoms with Crippen LogP contribution < -0.4 is 21.7 Å². The summed E-state index contributed by atoms with van der Waals surface area (Å²) in [5, 5.41) is 8.02. The fraction of sp³-hybridized carbons (Fsp3) is 0.569. The molecule has 1 saturated carbocycles. The van der Waals surface area contributed by atoms with Crippen LogP contribution in [-0.2, 0) is 50.8 Å². The highest BCUT2D eigenvalue weighted by Gasteiger charge is 2.47. The highest BCUT2D eigenvalue weighted by molar-refractivity contribution is 6.06. The predicted molar refractivity (Wildman–Crippen MR) is 281 cm³/mol. The minimum Gasteiger partial charge on any atom is -0.370 e. The first-order valence-corrected chi connectivity index (χ1v) is 27.4. The second kappa shape index (κ2) is 24.7. The molecule has 5 heterocycles. The molecule has 8 amide bonds. The van der Waals surface area contributed by atoms with Crippen molar-refractivity contribution in [3.05, 3.63) is 76.4 Å². The van der Waals surface area contributed by atoms with Crippen LogP contribution in [0.5, 0.6) is 0 Å². The van der Waals surface area contributed by atoms with Crippen LogP contribution in [-0.4, -0.2) is 136 Å². The van der Waals surface area contributed by atoms with Crippen molar-refractivity contribution in [2.75, 3.05) is 33.2 Å². The number of fused-ring (bicyclic) bond motifs is 2. The minimum atomic E-state index is -3.02. The number of amides is 8. The summed E-state index contributed by atoms with van der Waals surface area (Å²) < 4.78 is 27.6. The van der Waals surface area contributed by atoms with Gasteiger partial charge in [0.25, 0.3) is 11.8 Å². The lowest BCUT2D eigenvalue weighted by Crippen LogP contribution is -2.57. The van der Waals surface area contributed by atoms with Gasteiger partial charge in [-0.2, -0.15) is 0 Å². The molecule has 2 aromatic rings. The molecular formula is C58H72F2N8O9. The molecule has 6 atom stereocenters. The van der Waals surface area contributed by atoms with Crippen LogP contribution in [0.3, 0.4) is 0 Å². The summed E-state index contributed by atoms with van der Waals surface area (Å²) in [6, 6.07) is 6.79. The lowest BCUT2D eigenvalue weighted by molar-refractivity contribution is -0.144. The lowest BCUT2D eigenvalue weighted by Gasteiger charge is -2.37. The van der Waals surface area contributed by atoms with E-state index in [0.717, 1.165) is 69.4 Å². The van der Waals surface area contributed by atoms with E-state index in [0.29, 0.717) is 61.5 Å². The molecule has 17 nitrogen and oxygen atoms in total. The smallest absolute Gasteiger partial charge is 0.270 e. The number of ketones is 1. The topological polar surface area (TPSA) is 229 Å². The van der Waals surface area contributed by atoms with E-state index in [1.807, 2.05) is 22.9 Å². The average Bonchev–Trinajstić information content (AvgIpc) is 3.98. The zero-order chi connectivity index (χ0) is 55.1. The van der Waals surface area contributed by atoms with Gasteiger partial charge in [-0.15, -0.1) is 0 Å². The maximum absolute atomic E-state index is 14.6. The Balaban J connectivity index is 0.877. The first-order chi connectivity index (χ1) is 36.7. The number of imide groups is 1. The van der Waals surface area contributed by atoms with Gasteiger partial charge >= 0.3 is 0 Å². The number of alkyl halides is 2. The zero-order valence-corrected chi connectivity index (χ0v) is 44.4. The molecule has 77 heavy (non-hydrogen) atoms. The molecule has 0 aromatic heterocycles. The molecule has 0 spiro atoms. The SMILES string of the molecule is C/C(=C\C(=O)N[C@H]1CN(C)C[C@H]2CC[C@@H](C(=O)N[C@@H](CCC(N)=O)C(=O)C[C@H](C(=O)N3CCC(CCC#Cc4cccc5c4CN(C4CCC(=O)NC4=O)C5=O)CC3)C3CCCCC3)N2C1=O)c1ccc(C(C)(F)F)cc1. The zero-order valence-electron chi connectivity index (χ0n) is 44.4. The van der Waals surface area contributed by atoms with Crippen LogP contribution in [0.2, 0.25) is 0 Å². The number of likely N-dealkylation sites (tertiary alicyclic amines) is 1. The number of piperidine rings is 2. The van der Waals surface area contributed by atoms with Crippen LogP contribution in [0.4, 0.5) is 8.78 Å². The van der Waals surface area contributed by atoms with Crippen molar-refractivity contribution in [2.24, 2.45) is 23.5 Å². The fourth-order valence-corrected chi connectivity index (χ4v) is 12.3. The van der Waals surface area contributed by atoms with Crippen LogP contribution in [0.25, 0.3) is 5.57 Å². The summed E-state index contributed by atoms with van der Waals surface area (Å²) in [6.07, 6.45) is 9.60. The van der Waals surface area contributed by atoms with E-state index in [2.05, 4.69) is 27.8 Å². The molecule has 412 valence electrons. The summed E-state index contributed by atoms with van der Waals surface area (Å²) >= 11 is 0. The van der Waals surface area contributed by atoms with Gasteiger partial charge < -0.3 is 36.0 Å². The maximum atomic E-state index is 14.6. The number of hydrogen-bond donors (Lipinski definition) is 4. The van der Waals surface area contributed by atoms with E-state index in [4.69, 9.17) is 5.73 Å². The number of nitrogens with zero attached hydrogens (tertiary/aromatic N) is 4. The van der Waals surface area contributed by atoms with Crippen LogP contribution in [0, 0.1) is 29.6 Å². The Labute approximate surface area is 448 Å². The number of nitrogens with two attached hydrogens (primary N) is 1. The Bertz CT molecular complexity index is 2720. The number of halogens is 2. The molecular weight excluding hydrogens is 991 g/mol. The van der Waals surface area contributed by atoms with Crippen molar-refractivity contribution in [2.45, 2.75) is 159 Å². The Kier molecular flexibility index (Phi) is 18.1. The Morgan fingerprint density at radius 1 is 0.922 bits per heavy atom. The number of allylic oxidation sites excluding steroid dienone is 1. The summed E-state index contributed by atoms with van der Waals surface area (Å²) in [7, 11) is 1.82. The number of primary amides is 1. The second-order valence-electron chi connectivity index (χ2n) is 22.1. The summed E-state index contributed by atoms with van der Waals surface area (Å²) in [5.41, 5.74) is 8.48. The summed E-state index contributed by atoms with van der Waals surface area (Å²) in [5.74, 6) is -0.581. The third kappa shape index (κ3) is 13.7. The van der Waals surface area contributed by atoms with Gasteiger partial charge in [0.2, 0.25) is 41.4 Å². The van der Waals surface area contributed by atoms with Crippen LogP contribution in [0.15, 0.2) is 48.5 Å². The third-order valence-electron chi connectivity index (χ3n) is 16.6. The standard InChI is InChI=1S/C58H72F2N8O9/c1-35(37-16-18-40(19-17-37)58(2,59)60)30-52(72)62-46-34-65(3)32-41-20-22-48(68(41)57(46)77)54(74)63-45(21-24-50(61)70)49(69)31-43(38-11-5-4-6-12-38)55(75)66-28-26-36(27-29-66)10-7-8-13-39-14-9-15-42-44(39)33-67(56(42)76)47-23-25-51(71)64-53(47)73/h9,14-19,30,36,38,41,43,45-48H,4-7,10-12,20-29,31-34H2,1-3H3,(H2,61,70)(H,62,72)(H,63,74)(H,64,71,73)/b35-30+/t41-,43+,45+,46+,47?,48+/m1/s1. The second-order valence-corrected chi connectivity index (χ2v) is 22.1. The molecule has 0 bridgehead atoms. The van der Waals surface area contributed by atoms with Crippen molar-refractivity contribution in [3.8, 4) is 11.8 Å². The van der Waals surface area contributed by atoms with Gasteiger partial charge in [-0.05, 0) is 112 Å². The third-order valence-corrected chi connectivity index (χ3v) is 16.6. The quantitative estimate of drug-likeness (QED) is 0.0968.